The first kappa shape index (κ1) is 39.6. The molecule has 0 aliphatic carbocycles. The summed E-state index contributed by atoms with van der Waals surface area (Å²) in [7, 11) is -11.6. The number of aliphatic hydroxyl groups is 2. The van der Waals surface area contributed by atoms with Crippen molar-refractivity contribution in [2.45, 2.75) is 83.5 Å². The van der Waals surface area contributed by atoms with Crippen LogP contribution in [-0.2, 0) is 60.6 Å². The number of carbonyl (C=O) groups excluding carboxylic acids is 3. The van der Waals surface area contributed by atoms with Crippen molar-refractivity contribution in [2.75, 3.05) is 18.9 Å². The number of hydrogen-bond donors (Lipinski definition) is 5. The van der Waals surface area contributed by atoms with Gasteiger partial charge in [0, 0.05) is 26.7 Å². The molecular formula is C25H36FN5O17P2. The third-order valence-corrected chi connectivity index (χ3v) is 10.3. The molecule has 6 unspecified atom stereocenters. The molecule has 2 fully saturated rings. The minimum absolute atomic E-state index is 0.0260. The summed E-state index contributed by atoms with van der Waals surface area (Å²) in [5, 5.41) is 20.9. The van der Waals surface area contributed by atoms with Crippen LogP contribution in [0.1, 0.15) is 40.8 Å². The molecule has 0 radical (unpaired) electrons. The van der Waals surface area contributed by atoms with E-state index in [1.807, 2.05) is 0 Å². The number of carbonyl (C=O) groups is 3. The number of phosphoric acid groups is 2. The Balaban J connectivity index is 1.48. The fourth-order valence-corrected chi connectivity index (χ4v) is 7.46. The number of imidazole rings is 1. The molecule has 4 heterocycles. The van der Waals surface area contributed by atoms with Gasteiger partial charge in [0.2, 0.25) is 6.29 Å². The number of aromatic nitrogens is 4. The highest BCUT2D eigenvalue weighted by Crippen LogP contribution is 2.62. The van der Waals surface area contributed by atoms with E-state index in [-0.39, 0.29) is 17.0 Å². The Bertz CT molecular complexity index is 1680. The molecule has 25 heteroatoms. The normalized spacial score (nSPS) is 32.8. The summed E-state index contributed by atoms with van der Waals surface area (Å²) in [6.45, 7) is 4.12. The summed E-state index contributed by atoms with van der Waals surface area (Å²) in [6.07, 6.45) is -10.1. The average Bonchev–Trinajstić information content (AvgIpc) is 3.53. The van der Waals surface area contributed by atoms with Crippen molar-refractivity contribution in [3.8, 4) is 0 Å². The van der Waals surface area contributed by atoms with Crippen LogP contribution in [0.3, 0.4) is 0 Å². The number of nitrogens with two attached hydrogens (primary N) is 1. The van der Waals surface area contributed by atoms with Gasteiger partial charge in [-0.15, -0.1) is 0 Å². The first-order chi connectivity index (χ1) is 23.1. The molecule has 22 nitrogen and oxygen atoms in total. The average molecular weight is 760 g/mol. The van der Waals surface area contributed by atoms with Gasteiger partial charge >= 0.3 is 33.6 Å². The molecule has 2 aromatic rings. The number of aliphatic hydroxyl groups excluding tert-OH is 2. The largest absolute Gasteiger partial charge is 0.483 e. The zero-order valence-electron chi connectivity index (χ0n) is 27.0. The standard InChI is InChI=1S/C25H36FN5O17P2/c1-10-11(2)19(44-14(5)34)24(45-18(10)15(43-13(4)33)6-41-12(3)32)47-50(39,40)48-49(37,38)42-7-25(26)20(36)17(35)23(46-25)31-9-30-16-21(27)28-8-29-22(16)31/h8-11,15,17-20,23-24,35-36H,6-7H2,1-5H3,(H,37,38)(H,39,40)(H2,27,28,29)/t10-,11-,15+,17?,18?,19?,20+,23+,24-,25?/m0/s1. The highest BCUT2D eigenvalue weighted by Gasteiger charge is 2.58. The number of esters is 3. The molecule has 6 N–H and O–H groups in total. The van der Waals surface area contributed by atoms with Crippen LogP contribution in [0.25, 0.3) is 11.2 Å². The fourth-order valence-electron chi connectivity index (χ4n) is 5.30. The van der Waals surface area contributed by atoms with Crippen molar-refractivity contribution in [3.63, 3.8) is 0 Å². The van der Waals surface area contributed by atoms with Crippen LogP contribution in [0, 0.1) is 11.8 Å². The van der Waals surface area contributed by atoms with Gasteiger partial charge in [0.25, 0.3) is 5.85 Å². The van der Waals surface area contributed by atoms with Crippen LogP contribution in [-0.4, -0.2) is 113 Å². The van der Waals surface area contributed by atoms with E-state index >= 15 is 4.39 Å². The molecule has 0 bridgehead atoms. The predicted octanol–water partition coefficient (Wildman–Crippen LogP) is -0.000900. The smallest absolute Gasteiger partial charge is 0.462 e. The quantitative estimate of drug-likeness (QED) is 0.102. The first-order valence-electron chi connectivity index (χ1n) is 14.6. The third kappa shape index (κ3) is 8.98. The van der Waals surface area contributed by atoms with Gasteiger partial charge in [0.15, 0.2) is 29.9 Å². The number of nitrogens with zero attached hydrogens (tertiary/aromatic N) is 4. The molecular weight excluding hydrogens is 723 g/mol. The van der Waals surface area contributed by atoms with Crippen LogP contribution in [0.15, 0.2) is 12.7 Å². The summed E-state index contributed by atoms with van der Waals surface area (Å²) in [5.41, 5.74) is 5.75. The fraction of sp³-hybridized carbons (Fsp3) is 0.680. The maximum absolute atomic E-state index is 15.8. The molecule has 12 atom stereocenters. The maximum atomic E-state index is 15.8. The Morgan fingerprint density at radius 2 is 1.74 bits per heavy atom. The van der Waals surface area contributed by atoms with E-state index in [4.69, 9.17) is 33.9 Å². The topological polar surface area (TPSA) is 310 Å². The van der Waals surface area contributed by atoms with Crippen molar-refractivity contribution in [1.82, 2.24) is 19.5 Å². The molecule has 4 rings (SSSR count). The number of alkyl halides is 1. The molecule has 0 spiro atoms. The lowest BCUT2D eigenvalue weighted by molar-refractivity contribution is -0.270. The zero-order chi connectivity index (χ0) is 37.3. The SMILES string of the molecule is CC(=O)OC[C@@H](OC(C)=O)C1O[C@@H](OP(=O)(O)OP(=O)(O)OCC2(F)O[C@@H](n3cnc4c(N)ncnc43)C(O)[C@H]2O)C(OC(C)=O)[C@@H](C)[C@@H]1C. The van der Waals surface area contributed by atoms with E-state index in [9.17, 15) is 43.5 Å². The molecule has 0 aromatic carbocycles. The van der Waals surface area contributed by atoms with Gasteiger partial charge in [-0.05, 0) is 5.92 Å². The third-order valence-electron chi connectivity index (χ3n) is 7.77. The van der Waals surface area contributed by atoms with E-state index in [1.165, 1.54) is 6.92 Å². The summed E-state index contributed by atoms with van der Waals surface area (Å²) >= 11 is 0. The van der Waals surface area contributed by atoms with Crippen LogP contribution in [0.2, 0.25) is 0 Å². The molecule has 50 heavy (non-hydrogen) atoms. The predicted molar refractivity (Wildman–Crippen MR) is 158 cm³/mol. The number of rotatable bonds is 13. The molecule has 2 saturated heterocycles. The van der Waals surface area contributed by atoms with Gasteiger partial charge in [-0.2, -0.15) is 4.31 Å². The summed E-state index contributed by atoms with van der Waals surface area (Å²) in [6, 6.07) is 0. The highest BCUT2D eigenvalue weighted by atomic mass is 31.3. The number of halogens is 1. The van der Waals surface area contributed by atoms with E-state index in [0.717, 1.165) is 38.0 Å². The zero-order valence-corrected chi connectivity index (χ0v) is 28.8. The van der Waals surface area contributed by atoms with E-state index in [1.54, 1.807) is 6.92 Å². The summed E-state index contributed by atoms with van der Waals surface area (Å²) in [4.78, 5) is 67.4. The second-order valence-electron chi connectivity index (χ2n) is 11.4. The van der Waals surface area contributed by atoms with Crippen molar-refractivity contribution < 1.29 is 84.9 Å². The van der Waals surface area contributed by atoms with Crippen LogP contribution >= 0.6 is 15.6 Å². The number of phosphoric ester groups is 2. The molecule has 0 saturated carbocycles. The van der Waals surface area contributed by atoms with Crippen molar-refractivity contribution in [1.29, 1.82) is 0 Å². The second kappa shape index (κ2) is 15.2. The number of anilines is 1. The summed E-state index contributed by atoms with van der Waals surface area (Å²) in [5.74, 6) is -7.34. The van der Waals surface area contributed by atoms with Gasteiger partial charge in [0.1, 0.15) is 43.4 Å². The van der Waals surface area contributed by atoms with E-state index < -0.39 is 107 Å². The Kier molecular flexibility index (Phi) is 12.0. The van der Waals surface area contributed by atoms with Crippen molar-refractivity contribution in [3.05, 3.63) is 12.7 Å². The molecule has 280 valence electrons. The number of ether oxygens (including phenoxy) is 5. The van der Waals surface area contributed by atoms with Crippen molar-refractivity contribution >= 4 is 50.5 Å². The van der Waals surface area contributed by atoms with E-state index in [0.29, 0.717) is 0 Å². The minimum Gasteiger partial charge on any atom is -0.462 e. The number of nitrogen functional groups attached to an aromatic ring is 1. The van der Waals surface area contributed by atoms with Crippen LogP contribution < -0.4 is 5.73 Å². The van der Waals surface area contributed by atoms with Crippen molar-refractivity contribution in [2.24, 2.45) is 11.8 Å². The lowest BCUT2D eigenvalue weighted by Crippen LogP contribution is -2.56. The Labute approximate surface area is 282 Å². The van der Waals surface area contributed by atoms with Crippen LogP contribution in [0.4, 0.5) is 10.2 Å². The monoisotopic (exact) mass is 759 g/mol. The molecule has 0 amide bonds. The maximum Gasteiger partial charge on any atom is 0.483 e. The molecule has 2 aromatic heterocycles. The van der Waals surface area contributed by atoms with E-state index in [2.05, 4.69) is 23.8 Å². The summed E-state index contributed by atoms with van der Waals surface area (Å²) < 4.78 is 82.6. The number of hydrogen-bond acceptors (Lipinski definition) is 19. The van der Waals surface area contributed by atoms with Gasteiger partial charge in [-0.25, -0.2) is 28.5 Å². The Morgan fingerprint density at radius 1 is 1.06 bits per heavy atom. The first-order valence-corrected chi connectivity index (χ1v) is 17.6. The Morgan fingerprint density at radius 3 is 2.36 bits per heavy atom. The molecule has 2 aliphatic heterocycles. The Hall–Kier alpha value is -3.21. The molecule has 2 aliphatic rings. The minimum atomic E-state index is -5.80. The van der Waals surface area contributed by atoms with Crippen LogP contribution in [0.5, 0.6) is 0 Å². The number of fused-ring (bicyclic) bond motifs is 1. The van der Waals surface area contributed by atoms with Gasteiger partial charge in [-0.3, -0.25) is 28.0 Å². The lowest BCUT2D eigenvalue weighted by Gasteiger charge is -2.45. The highest BCUT2D eigenvalue weighted by molar-refractivity contribution is 7.61. The lowest BCUT2D eigenvalue weighted by atomic mass is 9.81. The second-order valence-corrected chi connectivity index (χ2v) is 14.4. The van der Waals surface area contributed by atoms with Gasteiger partial charge in [-0.1, -0.05) is 13.8 Å². The van der Waals surface area contributed by atoms with Gasteiger partial charge < -0.3 is 49.4 Å². The van der Waals surface area contributed by atoms with Gasteiger partial charge in [0.05, 0.1) is 6.33 Å².